The fourth-order valence-corrected chi connectivity index (χ4v) is 3.46. The fourth-order valence-electron chi connectivity index (χ4n) is 3.24. The first-order valence-electron chi connectivity index (χ1n) is 8.52. The quantitative estimate of drug-likeness (QED) is 0.597. The summed E-state index contributed by atoms with van der Waals surface area (Å²) in [5, 5.41) is 1.34. The highest BCUT2D eigenvalue weighted by Crippen LogP contribution is 2.32. The number of fused-ring (bicyclic) bond motifs is 1. The predicted molar refractivity (Wildman–Crippen MR) is 99.8 cm³/mol. The molecule has 8 heteroatoms. The normalized spacial score (nSPS) is 16.1. The molecule has 0 bridgehead atoms. The van der Waals surface area contributed by atoms with Crippen LogP contribution >= 0.6 is 11.6 Å². The number of nitrogens with zero attached hydrogens (tertiary/aromatic N) is 4. The highest BCUT2D eigenvalue weighted by Gasteiger charge is 2.39. The van der Waals surface area contributed by atoms with E-state index in [-0.39, 0.29) is 26.2 Å². The first-order chi connectivity index (χ1) is 12.9. The van der Waals surface area contributed by atoms with E-state index in [1.54, 1.807) is 6.07 Å². The summed E-state index contributed by atoms with van der Waals surface area (Å²) in [6.45, 7) is 0.289. The second-order valence-corrected chi connectivity index (χ2v) is 6.72. The van der Waals surface area contributed by atoms with Crippen molar-refractivity contribution in [3.63, 3.8) is 0 Å². The summed E-state index contributed by atoms with van der Waals surface area (Å²) in [5.41, 5.74) is 1.43. The van der Waals surface area contributed by atoms with E-state index in [1.807, 2.05) is 47.4 Å². The largest absolute Gasteiger partial charge is 0.460 e. The molecule has 27 heavy (non-hydrogen) atoms. The number of rotatable bonds is 2. The lowest BCUT2D eigenvalue weighted by Gasteiger charge is -2.36. The molecular weight excluding hydrogens is 377 g/mol. The van der Waals surface area contributed by atoms with Crippen LogP contribution in [0.4, 0.5) is 19.0 Å². The number of alkyl halides is 3. The number of halogens is 4. The van der Waals surface area contributed by atoms with Gasteiger partial charge in [0, 0.05) is 37.1 Å². The van der Waals surface area contributed by atoms with E-state index in [0.717, 1.165) is 10.9 Å². The molecule has 0 spiro atoms. The van der Waals surface area contributed by atoms with Gasteiger partial charge in [0.15, 0.2) is 5.82 Å². The van der Waals surface area contributed by atoms with Crippen molar-refractivity contribution in [3.05, 3.63) is 53.6 Å². The Balaban J connectivity index is 1.75. The topological polar surface area (TPSA) is 32.3 Å². The molecule has 1 aromatic heterocycles. The number of para-hydroxylation sites is 1. The molecule has 4 rings (SSSR count). The van der Waals surface area contributed by atoms with Gasteiger partial charge in [-0.2, -0.15) is 13.2 Å². The molecule has 2 aromatic carbocycles. The molecule has 0 N–H and O–H groups in total. The van der Waals surface area contributed by atoms with E-state index in [9.17, 15) is 13.2 Å². The first kappa shape index (κ1) is 18.0. The Morgan fingerprint density at radius 2 is 1.52 bits per heavy atom. The van der Waals surface area contributed by atoms with Gasteiger partial charge in [-0.3, -0.25) is 0 Å². The molecule has 0 saturated carbocycles. The van der Waals surface area contributed by atoms with Crippen LogP contribution in [0.15, 0.2) is 48.5 Å². The summed E-state index contributed by atoms with van der Waals surface area (Å²) < 4.78 is 38.8. The lowest BCUT2D eigenvalue weighted by atomic mass is 10.1. The van der Waals surface area contributed by atoms with Crippen molar-refractivity contribution in [2.75, 3.05) is 31.1 Å². The number of hydrogen-bond acceptors (Lipinski definition) is 4. The van der Waals surface area contributed by atoms with E-state index in [4.69, 9.17) is 11.6 Å². The van der Waals surface area contributed by atoms with Crippen molar-refractivity contribution in [2.24, 2.45) is 0 Å². The van der Waals surface area contributed by atoms with E-state index in [2.05, 4.69) is 9.97 Å². The minimum Gasteiger partial charge on any atom is -0.353 e. The molecule has 0 unspecified atom stereocenters. The van der Waals surface area contributed by atoms with Crippen LogP contribution in [0, 0.1) is 0 Å². The Bertz CT molecular complexity index is 969. The Hall–Kier alpha value is -2.38. The zero-order valence-electron chi connectivity index (χ0n) is 14.2. The van der Waals surface area contributed by atoms with Crippen molar-refractivity contribution in [3.8, 4) is 11.4 Å². The summed E-state index contributed by atoms with van der Waals surface area (Å²) in [7, 11) is 0. The number of anilines is 1. The molecule has 0 amide bonds. The molecule has 1 fully saturated rings. The molecule has 140 valence electrons. The number of aromatic nitrogens is 2. The summed E-state index contributed by atoms with van der Waals surface area (Å²) in [5.74, 6) is 1.10. The van der Waals surface area contributed by atoms with Crippen LogP contribution in [0.1, 0.15) is 0 Å². The second kappa shape index (κ2) is 6.98. The molecule has 0 aliphatic carbocycles. The molecular formula is C19H16ClF3N4. The van der Waals surface area contributed by atoms with Crippen LogP contribution in [0.5, 0.6) is 0 Å². The van der Waals surface area contributed by atoms with Crippen LogP contribution in [0.25, 0.3) is 22.3 Å². The third-order valence-corrected chi connectivity index (χ3v) is 4.97. The second-order valence-electron chi connectivity index (χ2n) is 6.31. The lowest BCUT2D eigenvalue weighted by Crippen LogP contribution is -2.52. The van der Waals surface area contributed by atoms with Crippen molar-refractivity contribution < 1.29 is 13.2 Å². The summed E-state index contributed by atoms with van der Waals surface area (Å²) in [4.78, 5) is 11.7. The van der Waals surface area contributed by atoms with Crippen LogP contribution in [-0.4, -0.2) is 47.3 Å². The van der Waals surface area contributed by atoms with Gasteiger partial charge in [-0.25, -0.2) is 14.9 Å². The molecule has 0 radical (unpaired) electrons. The maximum atomic E-state index is 12.9. The van der Waals surface area contributed by atoms with Gasteiger partial charge in [0.05, 0.1) is 10.5 Å². The average Bonchev–Trinajstić information content (AvgIpc) is 2.67. The average molecular weight is 393 g/mol. The van der Waals surface area contributed by atoms with E-state index >= 15 is 0 Å². The minimum absolute atomic E-state index is 0.0940. The number of hydrogen-bond donors (Lipinski definition) is 0. The van der Waals surface area contributed by atoms with Crippen molar-refractivity contribution in [2.45, 2.75) is 6.30 Å². The van der Waals surface area contributed by atoms with Crippen molar-refractivity contribution >= 4 is 28.3 Å². The maximum Gasteiger partial charge on any atom is 0.460 e. The molecule has 1 aliphatic heterocycles. The maximum absolute atomic E-state index is 12.9. The Kier molecular flexibility index (Phi) is 4.65. The standard InChI is InChI=1S/C19H16ClF3N4/c20-15-7-3-1-5-13(15)17-24-16-8-4-2-6-14(16)18(25-17)26-9-11-27(12-10-26)19(21,22)23/h1-8H,9-12H2. The molecule has 0 atom stereocenters. The van der Waals surface area contributed by atoms with E-state index in [1.165, 1.54) is 0 Å². The summed E-state index contributed by atoms with van der Waals surface area (Å²) >= 11 is 6.29. The Morgan fingerprint density at radius 1 is 0.852 bits per heavy atom. The lowest BCUT2D eigenvalue weighted by molar-refractivity contribution is -0.246. The van der Waals surface area contributed by atoms with Crippen molar-refractivity contribution in [1.29, 1.82) is 0 Å². The van der Waals surface area contributed by atoms with Gasteiger partial charge in [0.1, 0.15) is 5.82 Å². The smallest absolute Gasteiger partial charge is 0.353 e. The van der Waals surface area contributed by atoms with Crippen LogP contribution in [0.3, 0.4) is 0 Å². The van der Waals surface area contributed by atoms with Gasteiger partial charge in [0.25, 0.3) is 0 Å². The van der Waals surface area contributed by atoms with Crippen LogP contribution < -0.4 is 4.90 Å². The highest BCUT2D eigenvalue weighted by molar-refractivity contribution is 6.33. The van der Waals surface area contributed by atoms with Gasteiger partial charge >= 0.3 is 6.30 Å². The first-order valence-corrected chi connectivity index (χ1v) is 8.90. The molecule has 1 aliphatic rings. The monoisotopic (exact) mass is 392 g/mol. The van der Waals surface area contributed by atoms with Crippen LogP contribution in [0.2, 0.25) is 5.02 Å². The predicted octanol–water partition coefficient (Wildman–Crippen LogP) is 4.59. The third kappa shape index (κ3) is 3.57. The summed E-state index contributed by atoms with van der Waals surface area (Å²) in [6.07, 6.45) is -4.30. The van der Waals surface area contributed by atoms with E-state index in [0.29, 0.717) is 27.1 Å². The zero-order valence-corrected chi connectivity index (χ0v) is 15.0. The SMILES string of the molecule is FC(F)(F)N1CCN(c2nc(-c3ccccc3Cl)nc3ccccc23)CC1. The minimum atomic E-state index is -4.30. The molecule has 2 heterocycles. The van der Waals surface area contributed by atoms with Gasteiger partial charge in [-0.1, -0.05) is 35.9 Å². The van der Waals surface area contributed by atoms with E-state index < -0.39 is 6.30 Å². The highest BCUT2D eigenvalue weighted by atomic mass is 35.5. The fraction of sp³-hybridized carbons (Fsp3) is 0.263. The zero-order chi connectivity index (χ0) is 19.0. The number of piperazine rings is 1. The van der Waals surface area contributed by atoms with Gasteiger partial charge in [-0.15, -0.1) is 0 Å². The molecule has 1 saturated heterocycles. The van der Waals surface area contributed by atoms with Gasteiger partial charge in [-0.05, 0) is 24.3 Å². The van der Waals surface area contributed by atoms with Gasteiger partial charge in [0.2, 0.25) is 0 Å². The third-order valence-electron chi connectivity index (χ3n) is 4.64. The van der Waals surface area contributed by atoms with Crippen molar-refractivity contribution in [1.82, 2.24) is 14.9 Å². The summed E-state index contributed by atoms with van der Waals surface area (Å²) in [6, 6.07) is 14.8. The van der Waals surface area contributed by atoms with Crippen LogP contribution in [-0.2, 0) is 0 Å². The molecule has 4 nitrogen and oxygen atoms in total. The number of benzene rings is 2. The molecule has 3 aromatic rings. The van der Waals surface area contributed by atoms with Gasteiger partial charge < -0.3 is 4.90 Å². The Morgan fingerprint density at radius 3 is 2.22 bits per heavy atom. The Labute approximate surface area is 159 Å².